The maximum absolute atomic E-state index is 13.0. The number of carbonyl (C=O) groups is 1. The predicted octanol–water partition coefficient (Wildman–Crippen LogP) is 4.22. The summed E-state index contributed by atoms with van der Waals surface area (Å²) in [5.74, 6) is 0.00409. The fourth-order valence-corrected chi connectivity index (χ4v) is 3.88. The Bertz CT molecular complexity index is 766. The first-order chi connectivity index (χ1) is 13.0. The third-order valence-corrected chi connectivity index (χ3v) is 5.30. The second-order valence-corrected chi connectivity index (χ2v) is 7.75. The zero-order valence-corrected chi connectivity index (χ0v) is 16.7. The van der Waals surface area contributed by atoms with Crippen LogP contribution in [0.3, 0.4) is 0 Å². The molecule has 0 aliphatic carbocycles. The molecule has 1 unspecified atom stereocenters. The Morgan fingerprint density at radius 1 is 1.07 bits per heavy atom. The molecule has 3 rings (SSSR count). The molecule has 1 N–H and O–H groups in total. The lowest BCUT2D eigenvalue weighted by molar-refractivity contribution is -0.120. The number of rotatable bonds is 6. The lowest BCUT2D eigenvalue weighted by Gasteiger charge is -2.27. The first kappa shape index (κ1) is 19.6. The van der Waals surface area contributed by atoms with Gasteiger partial charge in [0.25, 0.3) is 0 Å². The predicted molar refractivity (Wildman–Crippen MR) is 112 cm³/mol. The minimum Gasteiger partial charge on any atom is -0.324 e. The van der Waals surface area contributed by atoms with E-state index in [1.165, 1.54) is 37.9 Å². The zero-order valence-electron chi connectivity index (χ0n) is 16.7. The van der Waals surface area contributed by atoms with Crippen molar-refractivity contribution in [2.24, 2.45) is 0 Å². The number of hydrogen-bond donors (Lipinski definition) is 1. The monoisotopic (exact) mass is 365 g/mol. The van der Waals surface area contributed by atoms with Crippen molar-refractivity contribution in [3.63, 3.8) is 0 Å². The molecule has 2 aromatic carbocycles. The van der Waals surface area contributed by atoms with Crippen LogP contribution < -0.4 is 5.32 Å². The number of likely N-dealkylation sites (N-methyl/N-ethyl adjacent to an activating group) is 1. The van der Waals surface area contributed by atoms with Crippen LogP contribution in [-0.2, 0) is 11.3 Å². The summed E-state index contributed by atoms with van der Waals surface area (Å²) in [4.78, 5) is 17.5. The van der Waals surface area contributed by atoms with Crippen LogP contribution in [0, 0.1) is 6.92 Å². The summed E-state index contributed by atoms with van der Waals surface area (Å²) in [6.45, 7) is 5.36. The van der Waals surface area contributed by atoms with Crippen molar-refractivity contribution in [1.29, 1.82) is 0 Å². The van der Waals surface area contributed by atoms with Crippen LogP contribution in [0.4, 0.5) is 5.69 Å². The molecular weight excluding hydrogens is 334 g/mol. The second-order valence-electron chi connectivity index (χ2n) is 7.75. The van der Waals surface area contributed by atoms with Gasteiger partial charge in [-0.25, -0.2) is 0 Å². The van der Waals surface area contributed by atoms with Gasteiger partial charge in [-0.3, -0.25) is 14.6 Å². The summed E-state index contributed by atoms with van der Waals surface area (Å²) in [5, 5.41) is 3.13. The van der Waals surface area contributed by atoms with E-state index in [4.69, 9.17) is 0 Å². The molecule has 1 fully saturated rings. The van der Waals surface area contributed by atoms with E-state index in [-0.39, 0.29) is 11.9 Å². The van der Waals surface area contributed by atoms with Gasteiger partial charge in [0.1, 0.15) is 6.04 Å². The molecule has 1 aliphatic rings. The Hall–Kier alpha value is -2.17. The average molecular weight is 366 g/mol. The van der Waals surface area contributed by atoms with Gasteiger partial charge in [-0.2, -0.15) is 0 Å². The minimum atomic E-state index is -0.308. The molecular formula is C23H31N3O. The summed E-state index contributed by atoms with van der Waals surface area (Å²) < 4.78 is 0. The number of aryl methyl sites for hydroxylation is 1. The molecule has 0 saturated carbocycles. The van der Waals surface area contributed by atoms with E-state index < -0.39 is 0 Å². The number of hydrogen-bond acceptors (Lipinski definition) is 3. The highest BCUT2D eigenvalue weighted by Gasteiger charge is 2.24. The van der Waals surface area contributed by atoms with E-state index in [9.17, 15) is 4.79 Å². The molecule has 4 heteroatoms. The van der Waals surface area contributed by atoms with Gasteiger partial charge in [0.15, 0.2) is 0 Å². The molecule has 144 valence electrons. The van der Waals surface area contributed by atoms with E-state index in [1.54, 1.807) is 0 Å². The summed E-state index contributed by atoms with van der Waals surface area (Å²) in [5.41, 5.74) is 4.30. The normalized spacial score (nSPS) is 16.3. The average Bonchev–Trinajstić information content (AvgIpc) is 2.64. The van der Waals surface area contributed by atoms with Gasteiger partial charge in [-0.05, 0) is 75.8 Å². The van der Waals surface area contributed by atoms with Gasteiger partial charge in [-0.1, -0.05) is 42.8 Å². The number of piperidine rings is 1. The summed E-state index contributed by atoms with van der Waals surface area (Å²) in [6.07, 6.45) is 3.92. The Labute approximate surface area is 163 Å². The fraction of sp³-hybridized carbons (Fsp3) is 0.435. The maximum atomic E-state index is 13.0. The van der Waals surface area contributed by atoms with Crippen LogP contribution in [0.2, 0.25) is 0 Å². The van der Waals surface area contributed by atoms with Crippen molar-refractivity contribution in [3.05, 3.63) is 65.2 Å². The number of amides is 1. The Balaban J connectivity index is 1.72. The third kappa shape index (κ3) is 5.18. The lowest BCUT2D eigenvalue weighted by atomic mass is 9.99. The molecule has 0 spiro atoms. The molecule has 1 amide bonds. The quantitative estimate of drug-likeness (QED) is 0.832. The molecule has 0 radical (unpaired) electrons. The van der Waals surface area contributed by atoms with Crippen molar-refractivity contribution in [1.82, 2.24) is 9.80 Å². The van der Waals surface area contributed by atoms with Crippen molar-refractivity contribution in [3.8, 4) is 0 Å². The first-order valence-electron chi connectivity index (χ1n) is 9.89. The molecule has 1 heterocycles. The smallest absolute Gasteiger partial charge is 0.246 e. The molecule has 27 heavy (non-hydrogen) atoms. The number of carbonyl (C=O) groups excluding carboxylic acids is 1. The SMILES string of the molecule is Cc1ccccc1C(C(=O)Nc1cccc(CN2CCCCC2)c1)N(C)C. The van der Waals surface area contributed by atoms with Crippen molar-refractivity contribution >= 4 is 11.6 Å². The third-order valence-electron chi connectivity index (χ3n) is 5.30. The topological polar surface area (TPSA) is 35.6 Å². The molecule has 0 aromatic heterocycles. The lowest BCUT2D eigenvalue weighted by Crippen LogP contribution is -2.33. The van der Waals surface area contributed by atoms with Gasteiger partial charge in [0.2, 0.25) is 5.91 Å². The standard InChI is InChI=1S/C23H31N3O/c1-18-10-5-6-13-21(18)22(25(2)3)23(27)24-20-12-9-11-19(16-20)17-26-14-7-4-8-15-26/h5-6,9-13,16,22H,4,7-8,14-15,17H2,1-3H3,(H,24,27). The number of anilines is 1. The summed E-state index contributed by atoms with van der Waals surface area (Å²) in [6, 6.07) is 16.0. The van der Waals surface area contributed by atoms with E-state index in [0.29, 0.717) is 0 Å². The Morgan fingerprint density at radius 2 is 1.81 bits per heavy atom. The molecule has 0 bridgehead atoms. The Kier molecular flexibility index (Phi) is 6.64. The van der Waals surface area contributed by atoms with E-state index in [0.717, 1.165) is 23.4 Å². The van der Waals surface area contributed by atoms with E-state index in [1.807, 2.05) is 49.3 Å². The number of nitrogens with one attached hydrogen (secondary N) is 1. The van der Waals surface area contributed by atoms with E-state index in [2.05, 4.69) is 35.3 Å². The minimum absolute atomic E-state index is 0.00409. The molecule has 1 atom stereocenters. The van der Waals surface area contributed by atoms with Gasteiger partial charge < -0.3 is 5.32 Å². The first-order valence-corrected chi connectivity index (χ1v) is 9.89. The van der Waals surface area contributed by atoms with Crippen molar-refractivity contribution in [2.45, 2.75) is 38.8 Å². The van der Waals surface area contributed by atoms with E-state index >= 15 is 0 Å². The van der Waals surface area contributed by atoms with Crippen LogP contribution >= 0.6 is 0 Å². The summed E-state index contributed by atoms with van der Waals surface area (Å²) in [7, 11) is 3.90. The Morgan fingerprint density at radius 3 is 2.52 bits per heavy atom. The highest BCUT2D eigenvalue weighted by molar-refractivity contribution is 5.95. The van der Waals surface area contributed by atoms with Crippen LogP contribution in [0.5, 0.6) is 0 Å². The van der Waals surface area contributed by atoms with Gasteiger partial charge in [0.05, 0.1) is 0 Å². The van der Waals surface area contributed by atoms with Gasteiger partial charge in [0, 0.05) is 12.2 Å². The number of benzene rings is 2. The van der Waals surface area contributed by atoms with Crippen LogP contribution in [-0.4, -0.2) is 42.9 Å². The summed E-state index contributed by atoms with van der Waals surface area (Å²) >= 11 is 0. The van der Waals surface area contributed by atoms with Crippen LogP contribution in [0.1, 0.15) is 42.0 Å². The van der Waals surface area contributed by atoms with Crippen molar-refractivity contribution in [2.75, 3.05) is 32.5 Å². The molecule has 2 aromatic rings. The second kappa shape index (κ2) is 9.16. The largest absolute Gasteiger partial charge is 0.324 e. The highest BCUT2D eigenvalue weighted by atomic mass is 16.2. The highest BCUT2D eigenvalue weighted by Crippen LogP contribution is 2.24. The molecule has 4 nitrogen and oxygen atoms in total. The molecule has 1 saturated heterocycles. The maximum Gasteiger partial charge on any atom is 0.246 e. The van der Waals surface area contributed by atoms with Crippen LogP contribution in [0.15, 0.2) is 48.5 Å². The molecule has 1 aliphatic heterocycles. The van der Waals surface area contributed by atoms with Crippen molar-refractivity contribution < 1.29 is 4.79 Å². The van der Waals surface area contributed by atoms with Gasteiger partial charge in [-0.15, -0.1) is 0 Å². The fourth-order valence-electron chi connectivity index (χ4n) is 3.88. The zero-order chi connectivity index (χ0) is 19.2. The van der Waals surface area contributed by atoms with Gasteiger partial charge >= 0.3 is 0 Å². The number of likely N-dealkylation sites (tertiary alicyclic amines) is 1. The number of nitrogens with zero attached hydrogens (tertiary/aromatic N) is 2. The van der Waals surface area contributed by atoms with Crippen LogP contribution in [0.25, 0.3) is 0 Å².